The van der Waals surface area contributed by atoms with E-state index in [1.807, 2.05) is 0 Å². The summed E-state index contributed by atoms with van der Waals surface area (Å²) < 4.78 is 0. The minimum atomic E-state index is 0.861. The number of aryl methyl sites for hydroxylation is 2. The molecule has 2 aromatic rings. The van der Waals surface area contributed by atoms with Crippen LogP contribution in [0, 0.1) is 13.8 Å². The number of halogens is 1. The van der Waals surface area contributed by atoms with Gasteiger partial charge in [-0.05, 0) is 48.6 Å². The Labute approximate surface area is 108 Å². The van der Waals surface area contributed by atoms with Crippen molar-refractivity contribution in [2.24, 2.45) is 0 Å². The fourth-order valence-corrected chi connectivity index (χ4v) is 2.21. The number of benzene rings is 2. The van der Waals surface area contributed by atoms with Crippen LogP contribution in [0.25, 0.3) is 11.1 Å². The van der Waals surface area contributed by atoms with Crippen molar-refractivity contribution in [3.05, 3.63) is 58.1 Å². The second-order valence-electron chi connectivity index (χ2n) is 4.47. The molecular weight excluding hydrogens is 228 g/mol. The van der Waals surface area contributed by atoms with Crippen molar-refractivity contribution in [2.45, 2.75) is 27.2 Å². The number of hydrogen-bond acceptors (Lipinski definition) is 0. The molecule has 0 saturated heterocycles. The predicted molar refractivity (Wildman–Crippen MR) is 75.7 cm³/mol. The third-order valence-corrected chi connectivity index (χ3v) is 3.57. The van der Waals surface area contributed by atoms with E-state index in [1.54, 1.807) is 0 Å². The molecule has 0 bridgehead atoms. The molecule has 0 saturated carbocycles. The molecule has 0 spiro atoms. The zero-order chi connectivity index (χ0) is 12.4. The summed E-state index contributed by atoms with van der Waals surface area (Å²) in [5.74, 6) is 0. The number of rotatable bonds is 2. The van der Waals surface area contributed by atoms with Gasteiger partial charge in [-0.3, -0.25) is 0 Å². The minimum Gasteiger partial charge on any atom is -0.0840 e. The molecule has 0 nitrogen and oxygen atoms in total. The van der Waals surface area contributed by atoms with E-state index in [9.17, 15) is 0 Å². The van der Waals surface area contributed by atoms with Gasteiger partial charge in [-0.25, -0.2) is 0 Å². The van der Waals surface area contributed by atoms with Crippen LogP contribution >= 0.6 is 11.6 Å². The van der Waals surface area contributed by atoms with E-state index in [2.05, 4.69) is 57.2 Å². The highest BCUT2D eigenvalue weighted by atomic mass is 35.5. The molecule has 1 heteroatoms. The fourth-order valence-electron chi connectivity index (χ4n) is 1.97. The van der Waals surface area contributed by atoms with Gasteiger partial charge in [-0.15, -0.1) is 0 Å². The molecule has 0 aliphatic rings. The van der Waals surface area contributed by atoms with Gasteiger partial charge in [-0.1, -0.05) is 54.4 Å². The third kappa shape index (κ3) is 2.53. The van der Waals surface area contributed by atoms with Gasteiger partial charge in [0.05, 0.1) is 0 Å². The summed E-state index contributed by atoms with van der Waals surface area (Å²) in [5, 5.41) is 0.861. The normalized spacial score (nSPS) is 10.6. The van der Waals surface area contributed by atoms with E-state index in [4.69, 9.17) is 11.6 Å². The Kier molecular flexibility index (Phi) is 3.54. The first-order valence-electron chi connectivity index (χ1n) is 5.98. The Morgan fingerprint density at radius 3 is 2.24 bits per heavy atom. The summed E-state index contributed by atoms with van der Waals surface area (Å²) in [7, 11) is 0. The summed E-state index contributed by atoms with van der Waals surface area (Å²) >= 11 is 6.28. The van der Waals surface area contributed by atoms with Crippen molar-refractivity contribution < 1.29 is 0 Å². The Bertz CT molecular complexity index is 524. The molecule has 2 rings (SSSR count). The van der Waals surface area contributed by atoms with E-state index in [0.717, 1.165) is 17.0 Å². The van der Waals surface area contributed by atoms with Crippen molar-refractivity contribution in [1.82, 2.24) is 0 Å². The van der Waals surface area contributed by atoms with Gasteiger partial charge in [-0.2, -0.15) is 0 Å². The predicted octanol–water partition coefficient (Wildman–Crippen LogP) is 5.19. The lowest BCUT2D eigenvalue weighted by Crippen LogP contribution is -1.89. The van der Waals surface area contributed by atoms with Crippen molar-refractivity contribution in [1.29, 1.82) is 0 Å². The molecule has 88 valence electrons. The summed E-state index contributed by atoms with van der Waals surface area (Å²) in [4.78, 5) is 0. The fraction of sp³-hybridized carbons (Fsp3) is 0.250. The smallest absolute Gasteiger partial charge is 0.0444 e. The highest BCUT2D eigenvalue weighted by molar-refractivity contribution is 6.31. The first-order valence-corrected chi connectivity index (χ1v) is 6.35. The standard InChI is InChI=1S/C16H17Cl/c1-4-13-9-15(12(3)16(17)10-13)14-7-5-11(2)6-8-14/h5-10H,4H2,1-3H3. The van der Waals surface area contributed by atoms with E-state index < -0.39 is 0 Å². The molecule has 2 aromatic carbocycles. The van der Waals surface area contributed by atoms with Crippen LogP contribution in [-0.4, -0.2) is 0 Å². The summed E-state index contributed by atoms with van der Waals surface area (Å²) in [6.45, 7) is 6.34. The first kappa shape index (κ1) is 12.2. The van der Waals surface area contributed by atoms with Gasteiger partial charge in [0.1, 0.15) is 0 Å². The largest absolute Gasteiger partial charge is 0.0840 e. The first-order chi connectivity index (χ1) is 8.11. The van der Waals surface area contributed by atoms with Crippen molar-refractivity contribution in [3.63, 3.8) is 0 Å². The summed E-state index contributed by atoms with van der Waals surface area (Å²) in [6.07, 6.45) is 1.01. The van der Waals surface area contributed by atoms with Crippen LogP contribution in [0.1, 0.15) is 23.6 Å². The van der Waals surface area contributed by atoms with Gasteiger partial charge >= 0.3 is 0 Å². The van der Waals surface area contributed by atoms with E-state index in [1.165, 1.54) is 22.3 Å². The maximum atomic E-state index is 6.28. The van der Waals surface area contributed by atoms with E-state index in [-0.39, 0.29) is 0 Å². The third-order valence-electron chi connectivity index (χ3n) is 3.17. The molecule has 0 heterocycles. The van der Waals surface area contributed by atoms with Gasteiger partial charge < -0.3 is 0 Å². The van der Waals surface area contributed by atoms with Crippen molar-refractivity contribution >= 4 is 11.6 Å². The Hall–Kier alpha value is -1.27. The Balaban J connectivity index is 2.57. The summed E-state index contributed by atoms with van der Waals surface area (Å²) in [6, 6.07) is 12.9. The molecule has 0 aliphatic carbocycles. The molecule has 0 radical (unpaired) electrons. The molecule has 0 N–H and O–H groups in total. The van der Waals surface area contributed by atoms with Gasteiger partial charge in [0.15, 0.2) is 0 Å². The monoisotopic (exact) mass is 244 g/mol. The van der Waals surface area contributed by atoms with Crippen LogP contribution in [0.2, 0.25) is 5.02 Å². The molecule has 0 fully saturated rings. The number of hydrogen-bond donors (Lipinski definition) is 0. The summed E-state index contributed by atoms with van der Waals surface area (Å²) in [5.41, 5.74) is 6.22. The van der Waals surface area contributed by atoms with Crippen LogP contribution in [-0.2, 0) is 6.42 Å². The van der Waals surface area contributed by atoms with Crippen LogP contribution < -0.4 is 0 Å². The average Bonchev–Trinajstić information content (AvgIpc) is 2.34. The van der Waals surface area contributed by atoms with E-state index in [0.29, 0.717) is 0 Å². The van der Waals surface area contributed by atoms with Crippen LogP contribution in [0.4, 0.5) is 0 Å². The second-order valence-corrected chi connectivity index (χ2v) is 4.88. The topological polar surface area (TPSA) is 0 Å². The zero-order valence-corrected chi connectivity index (χ0v) is 11.3. The van der Waals surface area contributed by atoms with Crippen molar-refractivity contribution in [3.8, 4) is 11.1 Å². The van der Waals surface area contributed by atoms with Crippen molar-refractivity contribution in [2.75, 3.05) is 0 Å². The van der Waals surface area contributed by atoms with Gasteiger partial charge in [0.25, 0.3) is 0 Å². The molecule has 0 aliphatic heterocycles. The van der Waals surface area contributed by atoms with Crippen LogP contribution in [0.15, 0.2) is 36.4 Å². The molecule has 0 unspecified atom stereocenters. The Morgan fingerprint density at radius 2 is 1.65 bits per heavy atom. The molecule has 17 heavy (non-hydrogen) atoms. The Morgan fingerprint density at radius 1 is 1.00 bits per heavy atom. The lowest BCUT2D eigenvalue weighted by atomic mass is 9.96. The molecular formula is C16H17Cl. The van der Waals surface area contributed by atoms with Gasteiger partial charge in [0, 0.05) is 5.02 Å². The van der Waals surface area contributed by atoms with Crippen LogP contribution in [0.5, 0.6) is 0 Å². The lowest BCUT2D eigenvalue weighted by molar-refractivity contribution is 1.14. The van der Waals surface area contributed by atoms with E-state index >= 15 is 0 Å². The van der Waals surface area contributed by atoms with Gasteiger partial charge in [0.2, 0.25) is 0 Å². The maximum absolute atomic E-state index is 6.28. The average molecular weight is 245 g/mol. The van der Waals surface area contributed by atoms with Crippen LogP contribution in [0.3, 0.4) is 0 Å². The molecule has 0 amide bonds. The highest BCUT2D eigenvalue weighted by Gasteiger charge is 2.07. The molecule has 0 atom stereocenters. The zero-order valence-electron chi connectivity index (χ0n) is 10.5. The second kappa shape index (κ2) is 4.93. The molecule has 0 aromatic heterocycles. The highest BCUT2D eigenvalue weighted by Crippen LogP contribution is 2.30. The maximum Gasteiger partial charge on any atom is 0.0444 e. The quantitative estimate of drug-likeness (QED) is 0.682. The minimum absolute atomic E-state index is 0.861. The lowest BCUT2D eigenvalue weighted by Gasteiger charge is -2.11. The SMILES string of the molecule is CCc1cc(Cl)c(C)c(-c2ccc(C)cc2)c1.